The second-order valence-electron chi connectivity index (χ2n) is 3.69. The molecule has 0 N–H and O–H groups in total. The molecule has 0 amide bonds. The zero-order valence-corrected chi connectivity index (χ0v) is 10.1. The van der Waals surface area contributed by atoms with Crippen molar-refractivity contribution in [3.8, 4) is 5.75 Å². The second kappa shape index (κ2) is 7.49. The number of aryl methyl sites for hydroxylation is 1. The van der Waals surface area contributed by atoms with Crippen molar-refractivity contribution in [2.75, 3.05) is 13.2 Å². The molecule has 92 valence electrons. The van der Waals surface area contributed by atoms with Gasteiger partial charge in [0.2, 0.25) is 0 Å². The Bertz CT molecular complexity index is 371. The molecule has 0 saturated carbocycles. The van der Waals surface area contributed by atoms with Gasteiger partial charge in [0.25, 0.3) is 0 Å². The fourth-order valence-corrected chi connectivity index (χ4v) is 1.34. The van der Waals surface area contributed by atoms with Gasteiger partial charge in [0.15, 0.2) is 0 Å². The summed E-state index contributed by atoms with van der Waals surface area (Å²) in [4.78, 5) is 11.2. The van der Waals surface area contributed by atoms with Gasteiger partial charge >= 0.3 is 5.97 Å². The molecule has 17 heavy (non-hydrogen) atoms. The number of hydrogen-bond donors (Lipinski definition) is 0. The lowest BCUT2D eigenvalue weighted by molar-refractivity contribution is -0.142. The Kier molecular flexibility index (Phi) is 5.86. The molecule has 0 spiro atoms. The van der Waals surface area contributed by atoms with Crippen molar-refractivity contribution >= 4 is 5.97 Å². The Morgan fingerprint density at radius 3 is 2.88 bits per heavy atom. The van der Waals surface area contributed by atoms with Crippen LogP contribution < -0.4 is 4.74 Å². The highest BCUT2D eigenvalue weighted by molar-refractivity contribution is 5.69. The predicted octanol–water partition coefficient (Wildman–Crippen LogP) is 2.88. The Morgan fingerprint density at radius 1 is 1.41 bits per heavy atom. The molecule has 0 unspecified atom stereocenters. The monoisotopic (exact) mass is 234 g/mol. The van der Waals surface area contributed by atoms with Crippen molar-refractivity contribution in [2.24, 2.45) is 0 Å². The van der Waals surface area contributed by atoms with Crippen LogP contribution in [0, 0.1) is 6.92 Å². The van der Waals surface area contributed by atoms with Gasteiger partial charge in [-0.15, -0.1) is 0 Å². The SMILES string of the molecule is C=CCOC(=O)CCCOc1ccccc1C. The molecule has 0 atom stereocenters. The first-order valence-corrected chi connectivity index (χ1v) is 5.69. The van der Waals surface area contributed by atoms with Crippen LogP contribution in [0.1, 0.15) is 18.4 Å². The van der Waals surface area contributed by atoms with E-state index in [2.05, 4.69) is 6.58 Å². The van der Waals surface area contributed by atoms with Crippen molar-refractivity contribution in [1.82, 2.24) is 0 Å². The number of hydrogen-bond acceptors (Lipinski definition) is 3. The highest BCUT2D eigenvalue weighted by atomic mass is 16.5. The first kappa shape index (κ1) is 13.3. The van der Waals surface area contributed by atoms with Gasteiger partial charge in [0, 0.05) is 6.42 Å². The molecule has 0 aliphatic carbocycles. The predicted molar refractivity (Wildman–Crippen MR) is 67.1 cm³/mol. The minimum Gasteiger partial charge on any atom is -0.493 e. The molecule has 1 aromatic rings. The standard InChI is InChI=1S/C14H18O3/c1-3-10-17-14(15)9-6-11-16-13-8-5-4-7-12(13)2/h3-5,7-8H,1,6,9-11H2,2H3. The van der Waals surface area contributed by atoms with Crippen LogP contribution in [0.4, 0.5) is 0 Å². The van der Waals surface area contributed by atoms with Gasteiger partial charge in [0.1, 0.15) is 12.4 Å². The van der Waals surface area contributed by atoms with E-state index in [1.54, 1.807) is 6.08 Å². The van der Waals surface area contributed by atoms with Crippen molar-refractivity contribution in [3.05, 3.63) is 42.5 Å². The van der Waals surface area contributed by atoms with E-state index in [0.29, 0.717) is 19.4 Å². The lowest BCUT2D eigenvalue weighted by atomic mass is 10.2. The molecule has 0 aromatic heterocycles. The second-order valence-corrected chi connectivity index (χ2v) is 3.69. The fraction of sp³-hybridized carbons (Fsp3) is 0.357. The summed E-state index contributed by atoms with van der Waals surface area (Å²) in [6.45, 7) is 6.27. The highest BCUT2D eigenvalue weighted by Crippen LogP contribution is 2.16. The van der Waals surface area contributed by atoms with Crippen LogP contribution >= 0.6 is 0 Å². The van der Waals surface area contributed by atoms with Crippen molar-refractivity contribution < 1.29 is 14.3 Å². The molecular formula is C14H18O3. The fourth-order valence-electron chi connectivity index (χ4n) is 1.34. The largest absolute Gasteiger partial charge is 0.493 e. The third-order valence-corrected chi connectivity index (χ3v) is 2.24. The van der Waals surface area contributed by atoms with E-state index in [0.717, 1.165) is 11.3 Å². The molecule has 0 aliphatic heterocycles. The van der Waals surface area contributed by atoms with Crippen LogP contribution in [0.2, 0.25) is 0 Å². The van der Waals surface area contributed by atoms with Gasteiger partial charge in [-0.2, -0.15) is 0 Å². The van der Waals surface area contributed by atoms with Gasteiger partial charge in [-0.25, -0.2) is 0 Å². The summed E-state index contributed by atoms with van der Waals surface area (Å²) in [5, 5.41) is 0. The minimum absolute atomic E-state index is 0.210. The van der Waals surface area contributed by atoms with Gasteiger partial charge < -0.3 is 9.47 Å². The molecule has 1 rings (SSSR count). The maximum absolute atomic E-state index is 11.2. The summed E-state index contributed by atoms with van der Waals surface area (Å²) < 4.78 is 10.4. The van der Waals surface area contributed by atoms with Crippen LogP contribution in [0.15, 0.2) is 36.9 Å². The van der Waals surface area contributed by atoms with E-state index >= 15 is 0 Å². The maximum atomic E-state index is 11.2. The van der Waals surface area contributed by atoms with E-state index in [-0.39, 0.29) is 12.6 Å². The molecule has 0 heterocycles. The molecular weight excluding hydrogens is 216 g/mol. The first-order chi connectivity index (χ1) is 8.24. The minimum atomic E-state index is -0.210. The van der Waals surface area contributed by atoms with Crippen LogP contribution in [-0.2, 0) is 9.53 Å². The number of carbonyl (C=O) groups excluding carboxylic acids is 1. The van der Waals surface area contributed by atoms with Crippen LogP contribution in [0.5, 0.6) is 5.75 Å². The van der Waals surface area contributed by atoms with Crippen molar-refractivity contribution in [3.63, 3.8) is 0 Å². The topological polar surface area (TPSA) is 35.5 Å². The summed E-state index contributed by atoms with van der Waals surface area (Å²) in [6.07, 6.45) is 2.59. The molecule has 1 aromatic carbocycles. The third kappa shape index (κ3) is 5.20. The molecule has 3 nitrogen and oxygen atoms in total. The summed E-state index contributed by atoms with van der Waals surface area (Å²) >= 11 is 0. The third-order valence-electron chi connectivity index (χ3n) is 2.24. The number of rotatable bonds is 7. The van der Waals surface area contributed by atoms with E-state index in [1.165, 1.54) is 0 Å². The van der Waals surface area contributed by atoms with Crippen molar-refractivity contribution in [2.45, 2.75) is 19.8 Å². The summed E-state index contributed by atoms with van der Waals surface area (Å²) in [5.74, 6) is 0.658. The quantitative estimate of drug-likeness (QED) is 0.413. The zero-order chi connectivity index (χ0) is 12.5. The molecule has 0 bridgehead atoms. The summed E-state index contributed by atoms with van der Waals surface area (Å²) in [7, 11) is 0. The average Bonchev–Trinajstić information content (AvgIpc) is 2.34. The lowest BCUT2D eigenvalue weighted by Gasteiger charge is -2.08. The zero-order valence-electron chi connectivity index (χ0n) is 10.1. The van der Waals surface area contributed by atoms with Gasteiger partial charge in [-0.3, -0.25) is 4.79 Å². The Hall–Kier alpha value is -1.77. The summed E-state index contributed by atoms with van der Waals surface area (Å²) in [5.41, 5.74) is 1.10. The normalized spacial score (nSPS) is 9.71. The van der Waals surface area contributed by atoms with Gasteiger partial charge in [-0.05, 0) is 25.0 Å². The number of ether oxygens (including phenoxy) is 2. The highest BCUT2D eigenvalue weighted by Gasteiger charge is 2.02. The average molecular weight is 234 g/mol. The smallest absolute Gasteiger partial charge is 0.306 e. The number of carbonyl (C=O) groups is 1. The number of esters is 1. The maximum Gasteiger partial charge on any atom is 0.306 e. The Balaban J connectivity index is 2.18. The lowest BCUT2D eigenvalue weighted by Crippen LogP contribution is -2.07. The first-order valence-electron chi connectivity index (χ1n) is 5.69. The van der Waals surface area contributed by atoms with Crippen LogP contribution in [-0.4, -0.2) is 19.2 Å². The van der Waals surface area contributed by atoms with E-state index in [9.17, 15) is 4.79 Å². The Morgan fingerprint density at radius 2 is 2.18 bits per heavy atom. The van der Waals surface area contributed by atoms with Gasteiger partial charge in [0.05, 0.1) is 6.61 Å². The molecule has 0 aliphatic rings. The summed E-state index contributed by atoms with van der Waals surface area (Å²) in [6, 6.07) is 7.81. The number of benzene rings is 1. The number of para-hydroxylation sites is 1. The van der Waals surface area contributed by atoms with E-state index in [4.69, 9.17) is 9.47 Å². The van der Waals surface area contributed by atoms with Crippen LogP contribution in [0.3, 0.4) is 0 Å². The molecule has 0 radical (unpaired) electrons. The molecule has 0 saturated heterocycles. The molecule has 3 heteroatoms. The molecule has 0 fully saturated rings. The van der Waals surface area contributed by atoms with Gasteiger partial charge in [-0.1, -0.05) is 30.9 Å². The Labute approximate surface area is 102 Å². The van der Waals surface area contributed by atoms with E-state index in [1.807, 2.05) is 31.2 Å². The van der Waals surface area contributed by atoms with E-state index < -0.39 is 0 Å². The van der Waals surface area contributed by atoms with Crippen molar-refractivity contribution in [1.29, 1.82) is 0 Å². The van der Waals surface area contributed by atoms with Crippen LogP contribution in [0.25, 0.3) is 0 Å².